The van der Waals surface area contributed by atoms with E-state index in [0.29, 0.717) is 12.6 Å². The fourth-order valence-corrected chi connectivity index (χ4v) is 3.14. The maximum absolute atomic E-state index is 12.9. The number of carbonyl (C=O) groups is 1. The molecule has 1 aromatic carbocycles. The molecule has 20 heavy (non-hydrogen) atoms. The van der Waals surface area contributed by atoms with Crippen LogP contribution in [0.25, 0.3) is 0 Å². The minimum atomic E-state index is 0.183. The smallest absolute Gasteiger partial charge is 0.254 e. The van der Waals surface area contributed by atoms with Gasteiger partial charge in [0.1, 0.15) is 0 Å². The number of benzene rings is 1. The summed E-state index contributed by atoms with van der Waals surface area (Å²) in [5, 5.41) is 0. The third-order valence-corrected chi connectivity index (χ3v) is 4.24. The third-order valence-electron chi connectivity index (χ3n) is 4.24. The fourth-order valence-electron chi connectivity index (χ4n) is 3.14. The van der Waals surface area contributed by atoms with Gasteiger partial charge in [0.2, 0.25) is 0 Å². The van der Waals surface area contributed by atoms with Crippen LogP contribution in [-0.4, -0.2) is 29.9 Å². The number of nitrogens with two attached hydrogens (primary N) is 1. The summed E-state index contributed by atoms with van der Waals surface area (Å²) in [7, 11) is 0. The molecule has 110 valence electrons. The van der Waals surface area contributed by atoms with Gasteiger partial charge in [-0.15, -0.1) is 0 Å². The Morgan fingerprint density at radius 3 is 2.60 bits per heavy atom. The molecule has 3 nitrogen and oxygen atoms in total. The van der Waals surface area contributed by atoms with Crippen molar-refractivity contribution in [3.05, 3.63) is 34.9 Å². The molecule has 1 saturated carbocycles. The first-order valence-corrected chi connectivity index (χ1v) is 7.71. The van der Waals surface area contributed by atoms with Gasteiger partial charge in [-0.2, -0.15) is 0 Å². The first-order valence-electron chi connectivity index (χ1n) is 7.71. The molecule has 1 aliphatic rings. The van der Waals surface area contributed by atoms with Crippen molar-refractivity contribution in [3.8, 4) is 0 Å². The standard InChI is InChI=1S/C17H26N2O/c1-13-8-9-16(14(2)12-13)17(20)19(11-5-10-18)15-6-3-4-7-15/h8-9,12,15H,3-7,10-11,18H2,1-2H3. The van der Waals surface area contributed by atoms with E-state index in [-0.39, 0.29) is 5.91 Å². The van der Waals surface area contributed by atoms with E-state index in [9.17, 15) is 4.79 Å². The lowest BCUT2D eigenvalue weighted by atomic mass is 10.0. The molecule has 3 heteroatoms. The number of hydrogen-bond donors (Lipinski definition) is 1. The van der Waals surface area contributed by atoms with Crippen LogP contribution in [0.3, 0.4) is 0 Å². The zero-order chi connectivity index (χ0) is 14.5. The van der Waals surface area contributed by atoms with Gasteiger partial charge in [-0.25, -0.2) is 0 Å². The number of rotatable bonds is 5. The van der Waals surface area contributed by atoms with E-state index in [0.717, 1.165) is 36.9 Å². The van der Waals surface area contributed by atoms with E-state index in [1.54, 1.807) is 0 Å². The normalized spacial score (nSPS) is 15.6. The first-order chi connectivity index (χ1) is 9.63. The number of amides is 1. The van der Waals surface area contributed by atoms with Crippen LogP contribution in [0.1, 0.15) is 53.6 Å². The van der Waals surface area contributed by atoms with Gasteiger partial charge in [0.05, 0.1) is 0 Å². The molecule has 2 N–H and O–H groups in total. The predicted octanol–water partition coefficient (Wildman–Crippen LogP) is 3.04. The molecule has 1 aliphatic carbocycles. The fraction of sp³-hybridized carbons (Fsp3) is 0.588. The summed E-state index contributed by atoms with van der Waals surface area (Å²) < 4.78 is 0. The summed E-state index contributed by atoms with van der Waals surface area (Å²) in [5.74, 6) is 0.183. The Bertz CT molecular complexity index is 464. The van der Waals surface area contributed by atoms with Gasteiger partial charge in [0.25, 0.3) is 5.91 Å². The summed E-state index contributed by atoms with van der Waals surface area (Å²) in [6.45, 7) is 5.51. The Labute approximate surface area is 122 Å². The molecule has 0 atom stereocenters. The number of carbonyl (C=O) groups excluding carboxylic acids is 1. The molecule has 1 amide bonds. The van der Waals surface area contributed by atoms with Gasteiger partial charge in [-0.1, -0.05) is 30.5 Å². The number of nitrogens with zero attached hydrogens (tertiary/aromatic N) is 1. The SMILES string of the molecule is Cc1ccc(C(=O)N(CCCN)C2CCCC2)c(C)c1. The quantitative estimate of drug-likeness (QED) is 0.897. The van der Waals surface area contributed by atoms with Gasteiger partial charge < -0.3 is 10.6 Å². The average Bonchev–Trinajstić information content (AvgIpc) is 2.93. The summed E-state index contributed by atoms with van der Waals surface area (Å²) in [4.78, 5) is 14.9. The van der Waals surface area contributed by atoms with Crippen molar-refractivity contribution in [3.63, 3.8) is 0 Å². The van der Waals surface area contributed by atoms with E-state index >= 15 is 0 Å². The summed E-state index contributed by atoms with van der Waals surface area (Å²) in [5.41, 5.74) is 8.75. The van der Waals surface area contributed by atoms with Crippen molar-refractivity contribution >= 4 is 5.91 Å². The van der Waals surface area contributed by atoms with Gasteiger partial charge in [-0.3, -0.25) is 4.79 Å². The van der Waals surface area contributed by atoms with Crippen molar-refractivity contribution in [1.82, 2.24) is 4.90 Å². The Balaban J connectivity index is 2.20. The molecule has 0 bridgehead atoms. The summed E-state index contributed by atoms with van der Waals surface area (Å²) >= 11 is 0. The molecular formula is C17H26N2O. The van der Waals surface area contributed by atoms with Crippen LogP contribution >= 0.6 is 0 Å². The van der Waals surface area contributed by atoms with Gasteiger partial charge in [-0.05, 0) is 51.3 Å². The van der Waals surface area contributed by atoms with E-state index in [1.807, 2.05) is 19.1 Å². The maximum Gasteiger partial charge on any atom is 0.254 e. The molecular weight excluding hydrogens is 248 g/mol. The molecule has 1 fully saturated rings. The molecule has 0 aromatic heterocycles. The van der Waals surface area contributed by atoms with Crippen LogP contribution in [0.2, 0.25) is 0 Å². The zero-order valence-electron chi connectivity index (χ0n) is 12.7. The predicted molar refractivity (Wildman–Crippen MR) is 82.9 cm³/mol. The van der Waals surface area contributed by atoms with Crippen molar-refractivity contribution in [2.75, 3.05) is 13.1 Å². The molecule has 0 aliphatic heterocycles. The highest BCUT2D eigenvalue weighted by Gasteiger charge is 2.27. The van der Waals surface area contributed by atoms with Crippen LogP contribution < -0.4 is 5.73 Å². The largest absolute Gasteiger partial charge is 0.336 e. The van der Waals surface area contributed by atoms with Crippen LogP contribution in [0.15, 0.2) is 18.2 Å². The zero-order valence-corrected chi connectivity index (χ0v) is 12.7. The topological polar surface area (TPSA) is 46.3 Å². The van der Waals surface area contributed by atoms with Crippen molar-refractivity contribution < 1.29 is 4.79 Å². The minimum Gasteiger partial charge on any atom is -0.336 e. The third kappa shape index (κ3) is 3.40. The summed E-state index contributed by atoms with van der Waals surface area (Å²) in [6.07, 6.45) is 5.64. The lowest BCUT2D eigenvalue weighted by Crippen LogP contribution is -2.40. The average molecular weight is 274 g/mol. The molecule has 1 aromatic rings. The molecule has 0 radical (unpaired) electrons. The Hall–Kier alpha value is -1.35. The van der Waals surface area contributed by atoms with Gasteiger partial charge >= 0.3 is 0 Å². The highest BCUT2D eigenvalue weighted by atomic mass is 16.2. The minimum absolute atomic E-state index is 0.183. The van der Waals surface area contributed by atoms with Gasteiger partial charge in [0.15, 0.2) is 0 Å². The van der Waals surface area contributed by atoms with Crippen molar-refractivity contribution in [2.45, 2.75) is 52.0 Å². The molecule has 0 saturated heterocycles. The lowest BCUT2D eigenvalue weighted by Gasteiger charge is -2.29. The van der Waals surface area contributed by atoms with E-state index in [4.69, 9.17) is 5.73 Å². The van der Waals surface area contributed by atoms with Gasteiger partial charge in [0, 0.05) is 18.2 Å². The van der Waals surface area contributed by atoms with Crippen LogP contribution in [0, 0.1) is 13.8 Å². The van der Waals surface area contributed by atoms with Crippen molar-refractivity contribution in [2.24, 2.45) is 5.73 Å². The Kier molecular flexibility index (Phi) is 5.18. The Morgan fingerprint density at radius 1 is 1.30 bits per heavy atom. The second-order valence-electron chi connectivity index (χ2n) is 5.90. The maximum atomic E-state index is 12.9. The van der Waals surface area contributed by atoms with E-state index in [2.05, 4.69) is 17.9 Å². The van der Waals surface area contributed by atoms with E-state index < -0.39 is 0 Å². The monoisotopic (exact) mass is 274 g/mol. The number of aryl methyl sites for hydroxylation is 2. The second kappa shape index (κ2) is 6.89. The lowest BCUT2D eigenvalue weighted by molar-refractivity contribution is 0.0679. The second-order valence-corrected chi connectivity index (χ2v) is 5.90. The number of hydrogen-bond acceptors (Lipinski definition) is 2. The van der Waals surface area contributed by atoms with E-state index in [1.165, 1.54) is 18.4 Å². The first kappa shape index (κ1) is 15.0. The summed E-state index contributed by atoms with van der Waals surface area (Å²) in [6, 6.07) is 6.49. The highest BCUT2D eigenvalue weighted by molar-refractivity contribution is 5.96. The van der Waals surface area contributed by atoms with Crippen LogP contribution in [-0.2, 0) is 0 Å². The van der Waals surface area contributed by atoms with Crippen LogP contribution in [0.4, 0.5) is 0 Å². The molecule has 2 rings (SSSR count). The Morgan fingerprint density at radius 2 is 2.00 bits per heavy atom. The molecule has 0 unspecified atom stereocenters. The highest BCUT2D eigenvalue weighted by Crippen LogP contribution is 2.26. The van der Waals surface area contributed by atoms with Crippen molar-refractivity contribution in [1.29, 1.82) is 0 Å². The van der Waals surface area contributed by atoms with Crippen LogP contribution in [0.5, 0.6) is 0 Å². The molecule has 0 spiro atoms. The molecule has 0 heterocycles.